The van der Waals surface area contributed by atoms with Gasteiger partial charge in [0.2, 0.25) is 0 Å². The standard InChI is InChI=1S/C16H20FNO3/c1-10-6-7-13(14(17)8-10)15(19)18-9-11-4-2-3-5-12(11)16(20)21/h6-8,11-12H,2-5,9H2,1H3,(H,18,19)(H,20,21). The summed E-state index contributed by atoms with van der Waals surface area (Å²) in [5, 5.41) is 11.9. The molecule has 21 heavy (non-hydrogen) atoms. The van der Waals surface area contributed by atoms with Gasteiger partial charge in [0, 0.05) is 6.54 Å². The molecule has 0 spiro atoms. The van der Waals surface area contributed by atoms with Crippen LogP contribution >= 0.6 is 0 Å². The van der Waals surface area contributed by atoms with Gasteiger partial charge in [-0.1, -0.05) is 18.9 Å². The molecule has 1 saturated carbocycles. The molecule has 1 fully saturated rings. The van der Waals surface area contributed by atoms with Crippen LogP contribution < -0.4 is 5.32 Å². The average Bonchev–Trinajstić information content (AvgIpc) is 2.45. The Hall–Kier alpha value is -1.91. The van der Waals surface area contributed by atoms with Crippen LogP contribution in [-0.4, -0.2) is 23.5 Å². The fourth-order valence-corrected chi connectivity index (χ4v) is 2.90. The number of aliphatic carboxylic acids is 1. The topological polar surface area (TPSA) is 66.4 Å². The van der Waals surface area contributed by atoms with Crippen LogP contribution in [0.3, 0.4) is 0 Å². The van der Waals surface area contributed by atoms with Crippen molar-refractivity contribution in [2.45, 2.75) is 32.6 Å². The third kappa shape index (κ3) is 3.80. The predicted molar refractivity (Wildman–Crippen MR) is 76.6 cm³/mol. The number of hydrogen-bond acceptors (Lipinski definition) is 2. The van der Waals surface area contributed by atoms with Gasteiger partial charge < -0.3 is 10.4 Å². The summed E-state index contributed by atoms with van der Waals surface area (Å²) in [7, 11) is 0. The highest BCUT2D eigenvalue weighted by Crippen LogP contribution is 2.29. The number of carbonyl (C=O) groups excluding carboxylic acids is 1. The van der Waals surface area contributed by atoms with Gasteiger partial charge in [0.15, 0.2) is 0 Å². The molecule has 0 aromatic heterocycles. The number of amides is 1. The third-order valence-corrected chi connectivity index (χ3v) is 4.12. The van der Waals surface area contributed by atoms with Crippen molar-refractivity contribution in [3.05, 3.63) is 35.1 Å². The van der Waals surface area contributed by atoms with Crippen LogP contribution in [0.25, 0.3) is 0 Å². The van der Waals surface area contributed by atoms with Gasteiger partial charge in [-0.15, -0.1) is 0 Å². The van der Waals surface area contributed by atoms with Gasteiger partial charge >= 0.3 is 5.97 Å². The molecule has 2 unspecified atom stereocenters. The normalized spacial score (nSPS) is 21.8. The Labute approximate surface area is 123 Å². The quantitative estimate of drug-likeness (QED) is 0.897. The lowest BCUT2D eigenvalue weighted by molar-refractivity contribution is -0.144. The fourth-order valence-electron chi connectivity index (χ4n) is 2.90. The van der Waals surface area contributed by atoms with E-state index in [1.807, 2.05) is 0 Å². The van der Waals surface area contributed by atoms with E-state index in [1.165, 1.54) is 12.1 Å². The molecular weight excluding hydrogens is 273 g/mol. The second kappa shape index (κ2) is 6.70. The van der Waals surface area contributed by atoms with Crippen LogP contribution in [-0.2, 0) is 4.79 Å². The van der Waals surface area contributed by atoms with E-state index in [4.69, 9.17) is 0 Å². The summed E-state index contributed by atoms with van der Waals surface area (Å²) in [5.41, 5.74) is 0.755. The Morgan fingerprint density at radius 3 is 2.71 bits per heavy atom. The summed E-state index contributed by atoms with van der Waals surface area (Å²) in [4.78, 5) is 23.2. The third-order valence-electron chi connectivity index (χ3n) is 4.12. The number of rotatable bonds is 4. The molecule has 2 rings (SSSR count). The van der Waals surface area contributed by atoms with E-state index >= 15 is 0 Å². The van der Waals surface area contributed by atoms with Crippen molar-refractivity contribution in [1.29, 1.82) is 0 Å². The zero-order chi connectivity index (χ0) is 15.4. The van der Waals surface area contributed by atoms with Gasteiger partial charge in [-0.2, -0.15) is 0 Å². The van der Waals surface area contributed by atoms with Crippen molar-refractivity contribution in [1.82, 2.24) is 5.32 Å². The Bertz CT molecular complexity index is 544. The van der Waals surface area contributed by atoms with E-state index in [9.17, 15) is 19.1 Å². The first-order valence-corrected chi connectivity index (χ1v) is 7.26. The number of aryl methyl sites for hydroxylation is 1. The largest absolute Gasteiger partial charge is 0.481 e. The van der Waals surface area contributed by atoms with E-state index in [1.54, 1.807) is 13.0 Å². The molecule has 0 bridgehead atoms. The number of carboxylic acids is 1. The lowest BCUT2D eigenvalue weighted by Crippen LogP contribution is -2.37. The van der Waals surface area contributed by atoms with Crippen molar-refractivity contribution >= 4 is 11.9 Å². The monoisotopic (exact) mass is 293 g/mol. The molecule has 1 aliphatic carbocycles. The maximum atomic E-state index is 13.7. The highest BCUT2D eigenvalue weighted by Gasteiger charge is 2.31. The molecule has 5 heteroatoms. The van der Waals surface area contributed by atoms with Crippen molar-refractivity contribution in [3.63, 3.8) is 0 Å². The van der Waals surface area contributed by atoms with E-state index in [0.717, 1.165) is 24.8 Å². The molecule has 114 valence electrons. The average molecular weight is 293 g/mol. The zero-order valence-corrected chi connectivity index (χ0v) is 12.1. The van der Waals surface area contributed by atoms with Gasteiger partial charge in [-0.05, 0) is 43.4 Å². The van der Waals surface area contributed by atoms with Crippen LogP contribution in [0.15, 0.2) is 18.2 Å². The highest BCUT2D eigenvalue weighted by molar-refractivity contribution is 5.94. The molecule has 2 N–H and O–H groups in total. The SMILES string of the molecule is Cc1ccc(C(=O)NCC2CCCCC2C(=O)O)c(F)c1. The Balaban J connectivity index is 1.98. The summed E-state index contributed by atoms with van der Waals surface area (Å²) in [6.45, 7) is 2.04. The van der Waals surface area contributed by atoms with Gasteiger partial charge in [-0.3, -0.25) is 9.59 Å². The van der Waals surface area contributed by atoms with Crippen molar-refractivity contribution in [3.8, 4) is 0 Å². The Morgan fingerprint density at radius 2 is 2.05 bits per heavy atom. The van der Waals surface area contributed by atoms with Gasteiger partial charge in [0.1, 0.15) is 5.82 Å². The van der Waals surface area contributed by atoms with Gasteiger partial charge in [0.25, 0.3) is 5.91 Å². The van der Waals surface area contributed by atoms with Crippen LogP contribution in [0.1, 0.15) is 41.6 Å². The molecule has 1 aromatic carbocycles. The molecule has 4 nitrogen and oxygen atoms in total. The number of carbonyl (C=O) groups is 2. The molecule has 0 aliphatic heterocycles. The zero-order valence-electron chi connectivity index (χ0n) is 12.1. The van der Waals surface area contributed by atoms with E-state index in [-0.39, 0.29) is 18.0 Å². The van der Waals surface area contributed by atoms with Crippen molar-refractivity contribution < 1.29 is 19.1 Å². The lowest BCUT2D eigenvalue weighted by atomic mass is 9.79. The molecule has 0 heterocycles. The minimum Gasteiger partial charge on any atom is -0.481 e. The first-order valence-electron chi connectivity index (χ1n) is 7.26. The highest BCUT2D eigenvalue weighted by atomic mass is 19.1. The summed E-state index contributed by atoms with van der Waals surface area (Å²) in [5.74, 6) is -2.33. The van der Waals surface area contributed by atoms with E-state index in [0.29, 0.717) is 6.42 Å². The van der Waals surface area contributed by atoms with Gasteiger partial charge in [0.05, 0.1) is 11.5 Å². The second-order valence-corrected chi connectivity index (χ2v) is 5.68. The molecule has 1 aromatic rings. The Kier molecular flexibility index (Phi) is 4.94. The van der Waals surface area contributed by atoms with Crippen LogP contribution in [0.4, 0.5) is 4.39 Å². The summed E-state index contributed by atoms with van der Waals surface area (Å²) in [6.07, 6.45) is 3.32. The second-order valence-electron chi connectivity index (χ2n) is 5.68. The number of hydrogen-bond donors (Lipinski definition) is 2. The minimum atomic E-state index is -0.810. The molecule has 1 aliphatic rings. The lowest BCUT2D eigenvalue weighted by Gasteiger charge is -2.28. The first-order chi connectivity index (χ1) is 9.99. The first kappa shape index (κ1) is 15.5. The summed E-state index contributed by atoms with van der Waals surface area (Å²) in [6, 6.07) is 4.45. The smallest absolute Gasteiger partial charge is 0.306 e. The maximum absolute atomic E-state index is 13.7. The summed E-state index contributed by atoms with van der Waals surface area (Å²) < 4.78 is 13.7. The van der Waals surface area contributed by atoms with E-state index < -0.39 is 23.6 Å². The molecule has 1 amide bonds. The summed E-state index contributed by atoms with van der Waals surface area (Å²) >= 11 is 0. The molecule has 2 atom stereocenters. The van der Waals surface area contributed by atoms with Crippen LogP contribution in [0, 0.1) is 24.6 Å². The molecule has 0 saturated heterocycles. The predicted octanol–water partition coefficient (Wildman–Crippen LogP) is 2.75. The molecular formula is C16H20FNO3. The van der Waals surface area contributed by atoms with Gasteiger partial charge in [-0.25, -0.2) is 4.39 Å². The number of carboxylic acid groups (broad SMARTS) is 1. The van der Waals surface area contributed by atoms with Crippen molar-refractivity contribution in [2.75, 3.05) is 6.54 Å². The minimum absolute atomic E-state index is 0.00304. The maximum Gasteiger partial charge on any atom is 0.306 e. The van der Waals surface area contributed by atoms with Crippen LogP contribution in [0.2, 0.25) is 0 Å². The molecule has 0 radical (unpaired) electrons. The van der Waals surface area contributed by atoms with Crippen LogP contribution in [0.5, 0.6) is 0 Å². The van der Waals surface area contributed by atoms with E-state index in [2.05, 4.69) is 5.32 Å². The van der Waals surface area contributed by atoms with Crippen molar-refractivity contribution in [2.24, 2.45) is 11.8 Å². The Morgan fingerprint density at radius 1 is 1.33 bits per heavy atom. The number of halogens is 1. The number of nitrogens with one attached hydrogen (secondary N) is 1. The number of benzene rings is 1. The fraction of sp³-hybridized carbons (Fsp3) is 0.500.